The van der Waals surface area contributed by atoms with E-state index in [1.807, 2.05) is 0 Å². The van der Waals surface area contributed by atoms with Crippen LogP contribution in [-0.4, -0.2) is 19.8 Å². The first kappa shape index (κ1) is 16.7. The van der Waals surface area contributed by atoms with E-state index < -0.39 is 30.3 Å². The van der Waals surface area contributed by atoms with Crippen molar-refractivity contribution < 1.29 is 35.8 Å². The smallest absolute Gasteiger partial charge is 0.406 e. The number of rotatable bonds is 5. The lowest BCUT2D eigenvalue weighted by atomic mass is 10.0. The van der Waals surface area contributed by atoms with Crippen LogP contribution in [0.3, 0.4) is 0 Å². The summed E-state index contributed by atoms with van der Waals surface area (Å²) in [6.45, 7) is 0. The molecular weight excluding hydrogens is 316 g/mol. The minimum absolute atomic E-state index is 0.0101. The van der Waals surface area contributed by atoms with Crippen LogP contribution < -0.4 is 14.8 Å². The molecule has 124 valence electrons. The van der Waals surface area contributed by atoms with Crippen molar-refractivity contribution in [1.29, 1.82) is 0 Å². The Balaban J connectivity index is 2.36. The van der Waals surface area contributed by atoms with Gasteiger partial charge in [0.25, 0.3) is 0 Å². The minimum Gasteiger partial charge on any atom is -0.406 e. The summed E-state index contributed by atoms with van der Waals surface area (Å²) in [6, 6.07) is 2.01. The molecule has 9 heteroatoms. The summed E-state index contributed by atoms with van der Waals surface area (Å²) in [5.74, 6) is -1.06. The van der Waals surface area contributed by atoms with Gasteiger partial charge in [-0.15, -0.1) is 26.3 Å². The van der Waals surface area contributed by atoms with E-state index in [0.29, 0.717) is 0 Å². The Morgan fingerprint density at radius 2 is 1.64 bits per heavy atom. The molecule has 1 atom stereocenters. The van der Waals surface area contributed by atoms with Crippen molar-refractivity contribution in [3.05, 3.63) is 23.8 Å². The van der Waals surface area contributed by atoms with Gasteiger partial charge in [0.15, 0.2) is 0 Å². The molecule has 0 bridgehead atoms. The van der Waals surface area contributed by atoms with Crippen molar-refractivity contribution >= 4 is 0 Å². The largest absolute Gasteiger partial charge is 0.573 e. The Kier molecular flexibility index (Phi) is 4.46. The van der Waals surface area contributed by atoms with Gasteiger partial charge in [-0.25, -0.2) is 0 Å². The third kappa shape index (κ3) is 4.69. The lowest BCUT2D eigenvalue weighted by molar-refractivity contribution is -0.277. The fraction of sp³-hybridized carbons (Fsp3) is 0.538. The minimum atomic E-state index is -4.93. The first-order valence-electron chi connectivity index (χ1n) is 6.42. The molecule has 0 aliphatic heterocycles. The van der Waals surface area contributed by atoms with E-state index in [1.165, 1.54) is 7.05 Å². The van der Waals surface area contributed by atoms with E-state index in [2.05, 4.69) is 14.8 Å². The standard InChI is InChI=1S/C13H13F6NO2/c1-20-11(7-2-3-7)9-6-8(21-12(14,15)16)4-5-10(9)22-13(17,18)19/h4-7,11,20H,2-3H2,1H3. The van der Waals surface area contributed by atoms with E-state index in [4.69, 9.17) is 0 Å². The SMILES string of the molecule is CNC(c1cc(OC(F)(F)F)ccc1OC(F)(F)F)C1CC1. The molecule has 0 heterocycles. The molecule has 1 aromatic carbocycles. The summed E-state index contributed by atoms with van der Waals surface area (Å²) >= 11 is 0. The van der Waals surface area contributed by atoms with Gasteiger partial charge in [-0.05, 0) is 44.0 Å². The molecule has 0 aromatic heterocycles. The number of ether oxygens (including phenoxy) is 2. The van der Waals surface area contributed by atoms with Gasteiger partial charge in [-0.3, -0.25) is 0 Å². The van der Waals surface area contributed by atoms with E-state index >= 15 is 0 Å². The summed E-state index contributed by atoms with van der Waals surface area (Å²) < 4.78 is 81.7. The Labute approximate surface area is 122 Å². The average Bonchev–Trinajstić information content (AvgIpc) is 3.14. The van der Waals surface area contributed by atoms with Crippen LogP contribution in [0.1, 0.15) is 24.4 Å². The van der Waals surface area contributed by atoms with Crippen LogP contribution in [0.25, 0.3) is 0 Å². The molecule has 1 aromatic rings. The number of hydrogen-bond donors (Lipinski definition) is 1. The highest BCUT2D eigenvalue weighted by Crippen LogP contribution is 2.45. The van der Waals surface area contributed by atoms with Crippen LogP contribution in [-0.2, 0) is 0 Å². The van der Waals surface area contributed by atoms with Crippen LogP contribution in [0.5, 0.6) is 11.5 Å². The fourth-order valence-corrected chi connectivity index (χ4v) is 2.26. The predicted molar refractivity (Wildman–Crippen MR) is 64.3 cm³/mol. The van der Waals surface area contributed by atoms with Gasteiger partial charge in [-0.2, -0.15) is 0 Å². The number of hydrogen-bond acceptors (Lipinski definition) is 3. The van der Waals surface area contributed by atoms with E-state index in [-0.39, 0.29) is 11.5 Å². The summed E-state index contributed by atoms with van der Waals surface area (Å²) in [7, 11) is 1.53. The maximum absolute atomic E-state index is 12.4. The Morgan fingerprint density at radius 3 is 2.09 bits per heavy atom. The molecular formula is C13H13F6NO2. The van der Waals surface area contributed by atoms with Crippen molar-refractivity contribution in [2.24, 2.45) is 5.92 Å². The summed E-state index contributed by atoms with van der Waals surface area (Å²) in [5.41, 5.74) is -0.0101. The molecule has 3 nitrogen and oxygen atoms in total. The first-order valence-corrected chi connectivity index (χ1v) is 6.42. The van der Waals surface area contributed by atoms with Crippen LogP contribution in [0, 0.1) is 5.92 Å². The number of nitrogens with one attached hydrogen (secondary N) is 1. The molecule has 1 N–H and O–H groups in total. The third-order valence-corrected chi connectivity index (χ3v) is 3.18. The van der Waals surface area contributed by atoms with Gasteiger partial charge in [0.1, 0.15) is 11.5 Å². The van der Waals surface area contributed by atoms with Crippen LogP contribution in [0.15, 0.2) is 18.2 Å². The van der Waals surface area contributed by atoms with Crippen molar-refractivity contribution in [3.63, 3.8) is 0 Å². The summed E-state index contributed by atoms with van der Waals surface area (Å²) in [5, 5.41) is 2.81. The summed E-state index contributed by atoms with van der Waals surface area (Å²) in [6.07, 6.45) is -8.29. The van der Waals surface area contributed by atoms with Gasteiger partial charge < -0.3 is 14.8 Å². The maximum atomic E-state index is 12.4. The van der Waals surface area contributed by atoms with E-state index in [0.717, 1.165) is 31.0 Å². The molecule has 1 aliphatic rings. The first-order chi connectivity index (χ1) is 10.1. The highest BCUT2D eigenvalue weighted by molar-refractivity contribution is 5.43. The van der Waals surface area contributed by atoms with E-state index in [1.54, 1.807) is 0 Å². The molecule has 1 aliphatic carbocycles. The second kappa shape index (κ2) is 5.86. The van der Waals surface area contributed by atoms with Crippen molar-refractivity contribution in [3.8, 4) is 11.5 Å². The lowest BCUT2D eigenvalue weighted by Gasteiger charge is -2.21. The lowest BCUT2D eigenvalue weighted by Crippen LogP contribution is -2.23. The Bertz CT molecular complexity index is 524. The topological polar surface area (TPSA) is 30.5 Å². The molecule has 0 saturated heterocycles. The molecule has 1 saturated carbocycles. The van der Waals surface area contributed by atoms with Gasteiger partial charge >= 0.3 is 12.7 Å². The zero-order chi connectivity index (χ0) is 16.5. The number of alkyl halides is 6. The third-order valence-electron chi connectivity index (χ3n) is 3.18. The van der Waals surface area contributed by atoms with Gasteiger partial charge in [-0.1, -0.05) is 0 Å². The predicted octanol–water partition coefficient (Wildman–Crippen LogP) is 4.15. The van der Waals surface area contributed by atoms with Gasteiger partial charge in [0.05, 0.1) is 0 Å². The quantitative estimate of drug-likeness (QED) is 0.823. The number of benzene rings is 1. The van der Waals surface area contributed by atoms with Crippen LogP contribution in [0.2, 0.25) is 0 Å². The van der Waals surface area contributed by atoms with Gasteiger partial charge in [0.2, 0.25) is 0 Å². The average molecular weight is 329 g/mol. The number of halogens is 6. The molecule has 1 unspecified atom stereocenters. The monoisotopic (exact) mass is 329 g/mol. The molecule has 0 spiro atoms. The van der Waals surface area contributed by atoms with Crippen molar-refractivity contribution in [2.75, 3.05) is 7.05 Å². The highest BCUT2D eigenvalue weighted by Gasteiger charge is 2.38. The highest BCUT2D eigenvalue weighted by atomic mass is 19.4. The molecule has 0 radical (unpaired) electrons. The second-order valence-electron chi connectivity index (χ2n) is 4.90. The zero-order valence-electron chi connectivity index (χ0n) is 11.4. The summed E-state index contributed by atoms with van der Waals surface area (Å²) in [4.78, 5) is 0. The van der Waals surface area contributed by atoms with Crippen molar-refractivity contribution in [1.82, 2.24) is 5.32 Å². The fourth-order valence-electron chi connectivity index (χ4n) is 2.26. The Morgan fingerprint density at radius 1 is 1.05 bits per heavy atom. The second-order valence-corrected chi connectivity index (χ2v) is 4.90. The maximum Gasteiger partial charge on any atom is 0.573 e. The molecule has 22 heavy (non-hydrogen) atoms. The molecule has 0 amide bonds. The Hall–Kier alpha value is -1.64. The van der Waals surface area contributed by atoms with Gasteiger partial charge in [0, 0.05) is 11.6 Å². The normalized spacial score (nSPS) is 17.2. The van der Waals surface area contributed by atoms with Crippen LogP contribution >= 0.6 is 0 Å². The van der Waals surface area contributed by atoms with E-state index in [9.17, 15) is 26.3 Å². The van der Waals surface area contributed by atoms with Crippen LogP contribution in [0.4, 0.5) is 26.3 Å². The van der Waals surface area contributed by atoms with Crippen molar-refractivity contribution in [2.45, 2.75) is 31.6 Å². The molecule has 2 rings (SSSR count). The molecule has 1 fully saturated rings. The zero-order valence-corrected chi connectivity index (χ0v) is 11.4.